The van der Waals surface area contributed by atoms with Crippen LogP contribution in [0.2, 0.25) is 0 Å². The summed E-state index contributed by atoms with van der Waals surface area (Å²) in [5.74, 6) is 1.53. The van der Waals surface area contributed by atoms with Crippen molar-refractivity contribution in [2.24, 2.45) is 17.8 Å². The van der Waals surface area contributed by atoms with Gasteiger partial charge in [-0.1, -0.05) is 0 Å². The number of hydrogen-bond acceptors (Lipinski definition) is 4. The molecule has 0 aromatic heterocycles. The maximum atomic E-state index is 12.1. The maximum Gasteiger partial charge on any atom is 0.250 e. The summed E-state index contributed by atoms with van der Waals surface area (Å²) < 4.78 is 5.37. The summed E-state index contributed by atoms with van der Waals surface area (Å²) in [6.45, 7) is 3.29. The van der Waals surface area contributed by atoms with Crippen molar-refractivity contribution in [3.05, 3.63) is 0 Å². The number of aliphatic hydroxyl groups is 1. The predicted molar refractivity (Wildman–Crippen MR) is 79.8 cm³/mol. The zero-order chi connectivity index (χ0) is 14.7. The van der Waals surface area contributed by atoms with Crippen LogP contribution in [0.25, 0.3) is 0 Å². The minimum Gasteiger partial charge on any atom is -0.382 e. The summed E-state index contributed by atoms with van der Waals surface area (Å²) in [4.78, 5) is 12.1. The molecule has 3 rings (SSSR count). The first-order chi connectivity index (χ1) is 10.2. The van der Waals surface area contributed by atoms with Gasteiger partial charge < -0.3 is 20.5 Å². The third kappa shape index (κ3) is 4.66. The van der Waals surface area contributed by atoms with Crippen molar-refractivity contribution in [1.29, 1.82) is 0 Å². The van der Waals surface area contributed by atoms with E-state index in [4.69, 9.17) is 4.74 Å². The number of amides is 1. The maximum absolute atomic E-state index is 12.1. The summed E-state index contributed by atoms with van der Waals surface area (Å²) >= 11 is 0. The van der Waals surface area contributed by atoms with E-state index in [9.17, 15) is 9.90 Å². The number of ether oxygens (including phenoxy) is 1. The van der Waals surface area contributed by atoms with Crippen LogP contribution in [0.1, 0.15) is 38.5 Å². The number of carbonyl (C=O) groups excluding carboxylic acids is 1. The largest absolute Gasteiger partial charge is 0.382 e. The molecule has 0 bridgehead atoms. The van der Waals surface area contributed by atoms with Gasteiger partial charge >= 0.3 is 0 Å². The van der Waals surface area contributed by atoms with Gasteiger partial charge in [-0.15, -0.1) is 0 Å². The van der Waals surface area contributed by atoms with Gasteiger partial charge in [0.25, 0.3) is 0 Å². The number of carbonyl (C=O) groups is 1. The lowest BCUT2D eigenvalue weighted by Crippen LogP contribution is -2.51. The van der Waals surface area contributed by atoms with Crippen molar-refractivity contribution in [3.63, 3.8) is 0 Å². The average molecular weight is 296 g/mol. The molecule has 3 N–H and O–H groups in total. The smallest absolute Gasteiger partial charge is 0.250 e. The first-order valence-electron chi connectivity index (χ1n) is 8.51. The SMILES string of the molecule is O=C(NCC1CC1)C(O)C(NCC1CCOCC1)C1CC1. The highest BCUT2D eigenvalue weighted by Crippen LogP contribution is 2.34. The van der Waals surface area contributed by atoms with Crippen LogP contribution < -0.4 is 10.6 Å². The third-order valence-electron chi connectivity index (χ3n) is 4.98. The molecule has 1 amide bonds. The van der Waals surface area contributed by atoms with E-state index in [1.807, 2.05) is 0 Å². The molecule has 2 atom stereocenters. The number of hydrogen-bond donors (Lipinski definition) is 3. The van der Waals surface area contributed by atoms with Gasteiger partial charge in [0.1, 0.15) is 6.10 Å². The van der Waals surface area contributed by atoms with Gasteiger partial charge in [0.15, 0.2) is 0 Å². The Labute approximate surface area is 126 Å². The van der Waals surface area contributed by atoms with Crippen LogP contribution in [0.15, 0.2) is 0 Å². The van der Waals surface area contributed by atoms with Crippen molar-refractivity contribution < 1.29 is 14.6 Å². The van der Waals surface area contributed by atoms with Crippen LogP contribution in [0, 0.1) is 17.8 Å². The van der Waals surface area contributed by atoms with Gasteiger partial charge in [0.05, 0.1) is 0 Å². The van der Waals surface area contributed by atoms with Gasteiger partial charge in [-0.05, 0) is 62.8 Å². The van der Waals surface area contributed by atoms with E-state index >= 15 is 0 Å². The second kappa shape index (κ2) is 7.07. The lowest BCUT2D eigenvalue weighted by Gasteiger charge is -2.28. The molecule has 2 saturated carbocycles. The van der Waals surface area contributed by atoms with Gasteiger partial charge in [0, 0.05) is 25.8 Å². The molecule has 120 valence electrons. The standard InChI is InChI=1S/C16H28N2O3/c19-15(16(20)18-10-11-1-2-11)14(13-3-4-13)17-9-12-5-7-21-8-6-12/h11-15,17,19H,1-10H2,(H,18,20). The topological polar surface area (TPSA) is 70.6 Å². The molecule has 0 aromatic carbocycles. The second-order valence-corrected chi connectivity index (χ2v) is 6.96. The molecule has 1 heterocycles. The zero-order valence-corrected chi connectivity index (χ0v) is 12.7. The number of aliphatic hydroxyl groups excluding tert-OH is 1. The number of rotatable bonds is 8. The molecule has 0 aromatic rings. The van der Waals surface area contributed by atoms with Gasteiger partial charge in [-0.2, -0.15) is 0 Å². The molecule has 0 radical (unpaired) electrons. The highest BCUT2D eigenvalue weighted by Gasteiger charge is 2.39. The number of nitrogens with one attached hydrogen (secondary N) is 2. The van der Waals surface area contributed by atoms with Gasteiger partial charge in [0.2, 0.25) is 5.91 Å². The molecule has 1 saturated heterocycles. The Bertz CT molecular complexity index is 349. The van der Waals surface area contributed by atoms with Crippen molar-refractivity contribution in [3.8, 4) is 0 Å². The Hall–Kier alpha value is -0.650. The zero-order valence-electron chi connectivity index (χ0n) is 12.7. The Morgan fingerprint density at radius 1 is 1.05 bits per heavy atom. The fourth-order valence-corrected chi connectivity index (χ4v) is 3.08. The van der Waals surface area contributed by atoms with Crippen LogP contribution in [0.4, 0.5) is 0 Å². The molecule has 1 aliphatic heterocycles. The van der Waals surface area contributed by atoms with Crippen molar-refractivity contribution in [2.75, 3.05) is 26.3 Å². The van der Waals surface area contributed by atoms with Gasteiger partial charge in [-0.3, -0.25) is 4.79 Å². The minimum absolute atomic E-state index is 0.0768. The molecular weight excluding hydrogens is 268 g/mol. The van der Waals surface area contributed by atoms with E-state index in [1.165, 1.54) is 12.8 Å². The lowest BCUT2D eigenvalue weighted by atomic mass is 9.98. The van der Waals surface area contributed by atoms with Crippen LogP contribution in [0.3, 0.4) is 0 Å². The van der Waals surface area contributed by atoms with Crippen LogP contribution in [0.5, 0.6) is 0 Å². The van der Waals surface area contributed by atoms with E-state index in [1.54, 1.807) is 0 Å². The highest BCUT2D eigenvalue weighted by atomic mass is 16.5. The Morgan fingerprint density at radius 3 is 2.33 bits per heavy atom. The molecule has 2 unspecified atom stereocenters. The van der Waals surface area contributed by atoms with Crippen molar-refractivity contribution >= 4 is 5.91 Å². The van der Waals surface area contributed by atoms with Gasteiger partial charge in [-0.25, -0.2) is 0 Å². The third-order valence-corrected chi connectivity index (χ3v) is 4.98. The molecule has 21 heavy (non-hydrogen) atoms. The fourth-order valence-electron chi connectivity index (χ4n) is 3.08. The summed E-state index contributed by atoms with van der Waals surface area (Å²) in [5.41, 5.74) is 0. The normalized spacial score (nSPS) is 26.3. The first-order valence-corrected chi connectivity index (χ1v) is 8.51. The van der Waals surface area contributed by atoms with Crippen LogP contribution in [-0.4, -0.2) is 49.5 Å². The van der Waals surface area contributed by atoms with E-state index in [0.717, 1.165) is 52.0 Å². The average Bonchev–Trinajstić information content (AvgIpc) is 3.39. The molecule has 5 nitrogen and oxygen atoms in total. The van der Waals surface area contributed by atoms with Crippen LogP contribution in [-0.2, 0) is 9.53 Å². The first kappa shape index (κ1) is 15.3. The molecular formula is C16H28N2O3. The highest BCUT2D eigenvalue weighted by molar-refractivity contribution is 5.81. The molecule has 2 aliphatic carbocycles. The van der Waals surface area contributed by atoms with E-state index in [2.05, 4.69) is 10.6 Å². The molecule has 3 fully saturated rings. The van der Waals surface area contributed by atoms with Crippen molar-refractivity contribution in [2.45, 2.75) is 50.7 Å². The predicted octanol–water partition coefficient (Wildman–Crippen LogP) is 0.668. The fraction of sp³-hybridized carbons (Fsp3) is 0.938. The monoisotopic (exact) mass is 296 g/mol. The van der Waals surface area contributed by atoms with Crippen LogP contribution >= 0.6 is 0 Å². The van der Waals surface area contributed by atoms with E-state index in [-0.39, 0.29) is 11.9 Å². The second-order valence-electron chi connectivity index (χ2n) is 6.96. The summed E-state index contributed by atoms with van der Waals surface area (Å²) in [5, 5.41) is 16.7. The molecule has 5 heteroatoms. The molecule has 3 aliphatic rings. The quantitative estimate of drug-likeness (QED) is 0.616. The van der Waals surface area contributed by atoms with Crippen molar-refractivity contribution in [1.82, 2.24) is 10.6 Å². The Balaban J connectivity index is 1.44. The Morgan fingerprint density at radius 2 is 1.71 bits per heavy atom. The Kier molecular flexibility index (Phi) is 5.14. The van der Waals surface area contributed by atoms with E-state index < -0.39 is 6.10 Å². The summed E-state index contributed by atoms with van der Waals surface area (Å²) in [6, 6.07) is -0.0768. The van der Waals surface area contributed by atoms with E-state index in [0.29, 0.717) is 17.8 Å². The molecule has 0 spiro atoms. The lowest BCUT2D eigenvalue weighted by molar-refractivity contribution is -0.131. The summed E-state index contributed by atoms with van der Waals surface area (Å²) in [6.07, 6.45) is 5.92. The summed E-state index contributed by atoms with van der Waals surface area (Å²) in [7, 11) is 0. The minimum atomic E-state index is -0.906.